The average molecular weight is 792 g/mol. The maximum absolute atomic E-state index is 6.79. The molecule has 10 aromatic carbocycles. The van der Waals surface area contributed by atoms with Crippen LogP contribution >= 0.6 is 0 Å². The summed E-state index contributed by atoms with van der Waals surface area (Å²) in [7, 11) is 0. The summed E-state index contributed by atoms with van der Waals surface area (Å²) in [5.74, 6) is 1.64. The normalized spacial score (nSPS) is 11.9. The van der Waals surface area contributed by atoms with E-state index >= 15 is 0 Å². The molecule has 0 bridgehead atoms. The van der Waals surface area contributed by atoms with Gasteiger partial charge in [0, 0.05) is 38.2 Å². The van der Waals surface area contributed by atoms with Gasteiger partial charge in [-0.05, 0) is 97.5 Å². The number of fused-ring (bicyclic) bond motifs is 10. The third kappa shape index (κ3) is 5.45. The number of nitrogens with zero attached hydrogens (tertiary/aromatic N) is 3. The zero-order chi connectivity index (χ0) is 40.7. The van der Waals surface area contributed by atoms with Crippen LogP contribution in [0.5, 0.6) is 0 Å². The van der Waals surface area contributed by atoms with Crippen LogP contribution < -0.4 is 0 Å². The summed E-state index contributed by atoms with van der Waals surface area (Å²) >= 11 is 0. The van der Waals surface area contributed by atoms with E-state index in [2.05, 4.69) is 170 Å². The molecule has 0 saturated carbocycles. The lowest BCUT2D eigenvalue weighted by molar-refractivity contribution is 0.669. The van der Waals surface area contributed by atoms with Crippen LogP contribution in [0.3, 0.4) is 0 Å². The van der Waals surface area contributed by atoms with Gasteiger partial charge in [-0.3, -0.25) is 0 Å². The Balaban J connectivity index is 1.07. The van der Waals surface area contributed by atoms with Gasteiger partial charge >= 0.3 is 0 Å². The van der Waals surface area contributed by atoms with E-state index in [0.717, 1.165) is 93.2 Å². The lowest BCUT2D eigenvalue weighted by Gasteiger charge is -2.12. The minimum atomic E-state index is 0.527. The molecule has 5 heteroatoms. The van der Waals surface area contributed by atoms with Crippen molar-refractivity contribution in [1.82, 2.24) is 15.0 Å². The molecule has 0 fully saturated rings. The standard InChI is InChI=1S/C57H33N3O2/c1-2-12-34(13-3-1)37-23-24-39-32-42(27-25-38(39)30-37)55-58-56(60-57(59-55)48-33-40-16-6-7-17-43(40)51-45-18-8-10-20-49(45)62-54(48)51)47-29-28-44(41-26-22-35-14-4-5-15-36(35)31-41)53-52(47)46-19-9-11-21-50(46)61-53/h1-33H. The van der Waals surface area contributed by atoms with Gasteiger partial charge < -0.3 is 8.83 Å². The molecule has 0 aliphatic heterocycles. The van der Waals surface area contributed by atoms with E-state index in [0.29, 0.717) is 17.5 Å². The Hall–Kier alpha value is -8.41. The number of para-hydroxylation sites is 2. The van der Waals surface area contributed by atoms with Crippen molar-refractivity contribution in [3.05, 3.63) is 200 Å². The van der Waals surface area contributed by atoms with E-state index in [1.807, 2.05) is 30.3 Å². The third-order valence-corrected chi connectivity index (χ3v) is 12.3. The highest BCUT2D eigenvalue weighted by atomic mass is 16.3. The predicted octanol–water partition coefficient (Wildman–Crippen LogP) is 15.5. The Labute approximate surface area is 355 Å². The van der Waals surface area contributed by atoms with Gasteiger partial charge in [0.25, 0.3) is 0 Å². The van der Waals surface area contributed by atoms with Crippen molar-refractivity contribution in [3.63, 3.8) is 0 Å². The Morgan fingerprint density at radius 3 is 1.55 bits per heavy atom. The molecule has 0 amide bonds. The second-order valence-corrected chi connectivity index (χ2v) is 15.9. The van der Waals surface area contributed by atoms with Crippen molar-refractivity contribution in [2.24, 2.45) is 0 Å². The molecule has 0 aliphatic carbocycles. The van der Waals surface area contributed by atoms with Gasteiger partial charge in [0.2, 0.25) is 0 Å². The first-order valence-corrected chi connectivity index (χ1v) is 20.8. The maximum Gasteiger partial charge on any atom is 0.167 e. The van der Waals surface area contributed by atoms with Crippen LogP contribution in [0, 0.1) is 0 Å². The summed E-state index contributed by atoms with van der Waals surface area (Å²) in [5.41, 5.74) is 10.1. The van der Waals surface area contributed by atoms with Crippen molar-refractivity contribution in [2.75, 3.05) is 0 Å². The summed E-state index contributed by atoms with van der Waals surface area (Å²) in [6.07, 6.45) is 0. The highest BCUT2D eigenvalue weighted by Crippen LogP contribution is 2.44. The number of hydrogen-bond donors (Lipinski definition) is 0. The molecule has 0 aliphatic rings. The Kier molecular flexibility index (Phi) is 7.54. The van der Waals surface area contributed by atoms with E-state index in [9.17, 15) is 0 Å². The van der Waals surface area contributed by atoms with E-state index in [-0.39, 0.29) is 0 Å². The van der Waals surface area contributed by atoms with Crippen LogP contribution in [0.15, 0.2) is 209 Å². The van der Waals surface area contributed by atoms with Gasteiger partial charge in [0.15, 0.2) is 17.5 Å². The summed E-state index contributed by atoms with van der Waals surface area (Å²) < 4.78 is 13.5. The van der Waals surface area contributed by atoms with Crippen LogP contribution in [0.2, 0.25) is 0 Å². The van der Waals surface area contributed by atoms with Gasteiger partial charge in [-0.1, -0.05) is 152 Å². The zero-order valence-electron chi connectivity index (χ0n) is 33.2. The summed E-state index contributed by atoms with van der Waals surface area (Å²) in [6.45, 7) is 0. The lowest BCUT2D eigenvalue weighted by atomic mass is 9.96. The second kappa shape index (κ2) is 13.6. The fraction of sp³-hybridized carbons (Fsp3) is 0. The Bertz CT molecular complexity index is 3940. The molecule has 0 radical (unpaired) electrons. The first-order chi connectivity index (χ1) is 30.7. The lowest BCUT2D eigenvalue weighted by Crippen LogP contribution is -2.01. The van der Waals surface area contributed by atoms with E-state index in [4.69, 9.17) is 23.8 Å². The maximum atomic E-state index is 6.79. The smallest absolute Gasteiger partial charge is 0.167 e. The molecule has 0 N–H and O–H groups in total. The highest BCUT2D eigenvalue weighted by molar-refractivity contribution is 6.22. The Morgan fingerprint density at radius 1 is 0.274 bits per heavy atom. The molecular formula is C57H33N3O2. The Morgan fingerprint density at radius 2 is 0.774 bits per heavy atom. The minimum absolute atomic E-state index is 0.527. The van der Waals surface area contributed by atoms with Crippen molar-refractivity contribution >= 4 is 76.2 Å². The second-order valence-electron chi connectivity index (χ2n) is 15.9. The number of furan rings is 2. The molecule has 5 nitrogen and oxygen atoms in total. The number of aromatic nitrogens is 3. The van der Waals surface area contributed by atoms with Gasteiger partial charge in [-0.15, -0.1) is 0 Å². The summed E-state index contributed by atoms with van der Waals surface area (Å²) in [5, 5.41) is 10.8. The zero-order valence-corrected chi connectivity index (χ0v) is 33.2. The molecule has 62 heavy (non-hydrogen) atoms. The molecule has 13 rings (SSSR count). The van der Waals surface area contributed by atoms with Crippen LogP contribution in [-0.4, -0.2) is 15.0 Å². The van der Waals surface area contributed by atoms with Crippen LogP contribution in [-0.2, 0) is 0 Å². The topological polar surface area (TPSA) is 65.0 Å². The van der Waals surface area contributed by atoms with Crippen molar-refractivity contribution < 1.29 is 8.83 Å². The molecule has 0 spiro atoms. The quantitative estimate of drug-likeness (QED) is 0.174. The molecule has 0 saturated heterocycles. The monoisotopic (exact) mass is 791 g/mol. The van der Waals surface area contributed by atoms with Crippen molar-refractivity contribution in [2.45, 2.75) is 0 Å². The fourth-order valence-corrected chi connectivity index (χ4v) is 9.28. The summed E-state index contributed by atoms with van der Waals surface area (Å²) in [6, 6.07) is 69.8. The molecule has 13 aromatic rings. The van der Waals surface area contributed by atoms with Crippen LogP contribution in [0.1, 0.15) is 0 Å². The first kappa shape index (κ1) is 34.5. The van der Waals surface area contributed by atoms with Crippen LogP contribution in [0.25, 0.3) is 133 Å². The average Bonchev–Trinajstić information content (AvgIpc) is 3.93. The largest absolute Gasteiger partial charge is 0.455 e. The number of benzene rings is 10. The van der Waals surface area contributed by atoms with Gasteiger partial charge in [-0.2, -0.15) is 0 Å². The van der Waals surface area contributed by atoms with E-state index in [1.165, 1.54) is 21.9 Å². The third-order valence-electron chi connectivity index (χ3n) is 12.3. The van der Waals surface area contributed by atoms with Gasteiger partial charge in [-0.25, -0.2) is 15.0 Å². The highest BCUT2D eigenvalue weighted by Gasteiger charge is 2.23. The summed E-state index contributed by atoms with van der Waals surface area (Å²) in [4.78, 5) is 16.0. The molecule has 3 heterocycles. The van der Waals surface area contributed by atoms with Gasteiger partial charge in [0.1, 0.15) is 22.3 Å². The molecular weight excluding hydrogens is 759 g/mol. The van der Waals surface area contributed by atoms with E-state index in [1.54, 1.807) is 0 Å². The predicted molar refractivity (Wildman–Crippen MR) is 254 cm³/mol. The van der Waals surface area contributed by atoms with Crippen molar-refractivity contribution in [3.8, 4) is 56.4 Å². The molecule has 3 aromatic heterocycles. The van der Waals surface area contributed by atoms with E-state index < -0.39 is 0 Å². The molecule has 0 unspecified atom stereocenters. The van der Waals surface area contributed by atoms with Crippen molar-refractivity contribution in [1.29, 1.82) is 0 Å². The molecule has 288 valence electrons. The minimum Gasteiger partial charge on any atom is -0.455 e. The SMILES string of the molecule is c1ccc(-c2ccc3cc(-c4nc(-c5cc6ccccc6c6c5oc5ccccc56)nc(-c5ccc(-c6ccc7ccccc7c6)c6oc7ccccc7c56)n4)ccc3c2)cc1. The fourth-order valence-electron chi connectivity index (χ4n) is 9.28. The number of rotatable bonds is 5. The van der Waals surface area contributed by atoms with Gasteiger partial charge in [0.05, 0.1) is 5.56 Å². The van der Waals surface area contributed by atoms with Crippen LogP contribution in [0.4, 0.5) is 0 Å². The first-order valence-electron chi connectivity index (χ1n) is 20.8. The number of hydrogen-bond acceptors (Lipinski definition) is 5. The molecule has 0 atom stereocenters.